The van der Waals surface area contributed by atoms with Gasteiger partial charge in [-0.25, -0.2) is 17.2 Å². The van der Waals surface area contributed by atoms with Crippen molar-refractivity contribution in [1.29, 1.82) is 0 Å². The SMILES string of the molecule is CC(C)(C)OC(=O)NCc1cc2cc(OC(F)(F)F)ccc2n1S(=O)(=O)C1(C)CC=CC=C1O. The minimum Gasteiger partial charge on any atom is -0.511 e. The molecular formula is C22H25F3N2O6S. The van der Waals surface area contributed by atoms with Crippen molar-refractivity contribution in [2.24, 2.45) is 0 Å². The lowest BCUT2D eigenvalue weighted by Crippen LogP contribution is -2.43. The highest BCUT2D eigenvalue weighted by Crippen LogP contribution is 2.37. The van der Waals surface area contributed by atoms with E-state index in [9.17, 15) is 31.5 Å². The number of hydrogen-bond acceptors (Lipinski definition) is 6. The van der Waals surface area contributed by atoms with Crippen molar-refractivity contribution in [3.63, 3.8) is 0 Å². The summed E-state index contributed by atoms with van der Waals surface area (Å²) < 4.78 is 73.9. The zero-order valence-corrected chi connectivity index (χ0v) is 19.7. The fraction of sp³-hybridized carbons (Fsp3) is 0.409. The zero-order chi connectivity index (χ0) is 25.5. The van der Waals surface area contributed by atoms with Gasteiger partial charge in [-0.1, -0.05) is 12.2 Å². The summed E-state index contributed by atoms with van der Waals surface area (Å²) in [6.07, 6.45) is -1.41. The number of hydrogen-bond donors (Lipinski definition) is 2. The number of carbonyl (C=O) groups is 1. The van der Waals surface area contributed by atoms with Crippen LogP contribution >= 0.6 is 0 Å². The maximum Gasteiger partial charge on any atom is 0.573 e. The third kappa shape index (κ3) is 5.16. The third-order valence-corrected chi connectivity index (χ3v) is 7.52. The summed E-state index contributed by atoms with van der Waals surface area (Å²) in [6, 6.07) is 4.54. The molecule has 1 amide bonds. The molecule has 0 fully saturated rings. The Labute approximate surface area is 194 Å². The van der Waals surface area contributed by atoms with Crippen molar-refractivity contribution < 1.29 is 41.0 Å². The molecule has 1 aliphatic rings. The Morgan fingerprint density at radius 3 is 2.50 bits per heavy atom. The molecule has 0 radical (unpaired) electrons. The molecule has 8 nitrogen and oxygen atoms in total. The number of nitrogens with one attached hydrogen (secondary N) is 1. The van der Waals surface area contributed by atoms with Crippen LogP contribution in [-0.4, -0.2) is 40.3 Å². The van der Waals surface area contributed by atoms with Gasteiger partial charge in [-0.2, -0.15) is 0 Å². The smallest absolute Gasteiger partial charge is 0.511 e. The number of aliphatic hydroxyl groups is 1. The van der Waals surface area contributed by atoms with Crippen LogP contribution in [0.1, 0.15) is 39.8 Å². The summed E-state index contributed by atoms with van der Waals surface area (Å²) in [6.45, 7) is 6.00. The van der Waals surface area contributed by atoms with Gasteiger partial charge in [0.05, 0.1) is 17.8 Å². The first-order valence-electron chi connectivity index (χ1n) is 10.2. The second-order valence-electron chi connectivity index (χ2n) is 8.94. The molecule has 34 heavy (non-hydrogen) atoms. The number of carbonyl (C=O) groups excluding carboxylic acids is 1. The van der Waals surface area contributed by atoms with Gasteiger partial charge < -0.3 is 19.9 Å². The van der Waals surface area contributed by atoms with E-state index in [4.69, 9.17) is 4.74 Å². The first-order valence-corrected chi connectivity index (χ1v) is 11.7. The Morgan fingerprint density at radius 1 is 1.24 bits per heavy atom. The zero-order valence-electron chi connectivity index (χ0n) is 18.9. The number of halogens is 3. The van der Waals surface area contributed by atoms with Gasteiger partial charge in [0.25, 0.3) is 10.0 Å². The number of amides is 1. The summed E-state index contributed by atoms with van der Waals surface area (Å²) in [5, 5.41) is 13.0. The topological polar surface area (TPSA) is 107 Å². The Kier molecular flexibility index (Phi) is 6.42. The normalized spacial score (nSPS) is 19.1. The van der Waals surface area contributed by atoms with E-state index >= 15 is 0 Å². The molecule has 1 atom stereocenters. The molecule has 0 saturated heterocycles. The number of rotatable bonds is 5. The molecule has 2 N–H and O–H groups in total. The minimum absolute atomic E-state index is 0.0362. The molecule has 1 aliphatic carbocycles. The predicted octanol–water partition coefficient (Wildman–Crippen LogP) is 4.90. The third-order valence-electron chi connectivity index (χ3n) is 5.10. The van der Waals surface area contributed by atoms with Crippen LogP contribution in [-0.2, 0) is 21.3 Å². The molecule has 1 aromatic heterocycles. The van der Waals surface area contributed by atoms with Gasteiger partial charge in [0.15, 0.2) is 0 Å². The number of aliphatic hydroxyl groups excluding tert-OH is 1. The summed E-state index contributed by atoms with van der Waals surface area (Å²) in [5.74, 6) is -0.921. The van der Waals surface area contributed by atoms with E-state index in [-0.39, 0.29) is 35.3 Å². The van der Waals surface area contributed by atoms with Gasteiger partial charge in [0.1, 0.15) is 21.9 Å². The molecule has 0 aliphatic heterocycles. The lowest BCUT2D eigenvalue weighted by molar-refractivity contribution is -0.274. The fourth-order valence-electron chi connectivity index (χ4n) is 3.48. The lowest BCUT2D eigenvalue weighted by atomic mass is 10.00. The largest absolute Gasteiger partial charge is 0.573 e. The summed E-state index contributed by atoms with van der Waals surface area (Å²) in [5.41, 5.74) is -0.696. The first-order chi connectivity index (χ1) is 15.5. The Balaban J connectivity index is 2.11. The van der Waals surface area contributed by atoms with Crippen LogP contribution in [0, 0.1) is 0 Å². The maximum atomic E-state index is 13.8. The highest BCUT2D eigenvalue weighted by atomic mass is 32.2. The van der Waals surface area contributed by atoms with Gasteiger partial charge in [-0.05, 0) is 64.5 Å². The van der Waals surface area contributed by atoms with Crippen molar-refractivity contribution in [2.45, 2.75) is 57.4 Å². The maximum absolute atomic E-state index is 13.8. The van der Waals surface area contributed by atoms with Crippen molar-refractivity contribution in [3.05, 3.63) is 53.9 Å². The molecule has 3 rings (SSSR count). The second-order valence-corrected chi connectivity index (χ2v) is 11.2. The number of fused-ring (bicyclic) bond motifs is 1. The van der Waals surface area contributed by atoms with Gasteiger partial charge in [-0.3, -0.25) is 0 Å². The molecule has 1 unspecified atom stereocenters. The summed E-state index contributed by atoms with van der Waals surface area (Å²) >= 11 is 0. The molecule has 2 aromatic rings. The van der Waals surface area contributed by atoms with Crippen molar-refractivity contribution in [1.82, 2.24) is 9.29 Å². The Morgan fingerprint density at radius 2 is 1.91 bits per heavy atom. The van der Waals surface area contributed by atoms with Crippen LogP contribution in [0.3, 0.4) is 0 Å². The van der Waals surface area contributed by atoms with E-state index < -0.39 is 38.6 Å². The van der Waals surface area contributed by atoms with Gasteiger partial charge in [0.2, 0.25) is 0 Å². The molecule has 1 aromatic carbocycles. The average Bonchev–Trinajstić information content (AvgIpc) is 3.04. The fourth-order valence-corrected chi connectivity index (χ4v) is 5.37. The number of benzene rings is 1. The molecule has 1 heterocycles. The number of alkyl halides is 3. The number of ether oxygens (including phenoxy) is 2. The van der Waals surface area contributed by atoms with E-state index in [0.717, 1.165) is 16.1 Å². The minimum atomic E-state index is -4.93. The average molecular weight is 503 g/mol. The van der Waals surface area contributed by atoms with Crippen LogP contribution in [0.5, 0.6) is 5.75 Å². The Bertz CT molecular complexity index is 1270. The van der Waals surface area contributed by atoms with Gasteiger partial charge in [0, 0.05) is 5.39 Å². The number of aromatic nitrogens is 1. The molecular weight excluding hydrogens is 477 g/mol. The van der Waals surface area contributed by atoms with Crippen LogP contribution in [0.25, 0.3) is 10.9 Å². The standard InChI is InChI=1S/C22H25F3N2O6S/c1-20(2,3)33-19(29)26-13-15-11-14-12-16(32-22(23,24)25)8-9-17(14)27(15)34(30,31)21(4)10-6-5-7-18(21)28/h5-9,11-12,28H,10,13H2,1-4H3,(H,26,29). The van der Waals surface area contributed by atoms with Crippen LogP contribution in [0.2, 0.25) is 0 Å². The molecule has 0 spiro atoms. The highest BCUT2D eigenvalue weighted by Gasteiger charge is 2.46. The van der Waals surface area contributed by atoms with E-state index in [1.807, 2.05) is 0 Å². The number of allylic oxidation sites excluding steroid dienone is 3. The predicted molar refractivity (Wildman–Crippen MR) is 119 cm³/mol. The first kappa shape index (κ1) is 25.5. The van der Waals surface area contributed by atoms with Gasteiger partial charge >= 0.3 is 12.5 Å². The Hall–Kier alpha value is -3.15. The number of alkyl carbamates (subject to hydrolysis) is 1. The quantitative estimate of drug-likeness (QED) is 0.602. The molecule has 186 valence electrons. The van der Waals surface area contributed by atoms with Crippen molar-refractivity contribution in [3.8, 4) is 5.75 Å². The van der Waals surface area contributed by atoms with Crippen LogP contribution < -0.4 is 10.1 Å². The molecule has 12 heteroatoms. The van der Waals surface area contributed by atoms with E-state index in [1.165, 1.54) is 31.2 Å². The highest BCUT2D eigenvalue weighted by molar-refractivity contribution is 7.91. The van der Waals surface area contributed by atoms with Crippen LogP contribution in [0.15, 0.2) is 48.3 Å². The van der Waals surface area contributed by atoms with Crippen LogP contribution in [0.4, 0.5) is 18.0 Å². The molecule has 0 saturated carbocycles. The van der Waals surface area contributed by atoms with Crippen molar-refractivity contribution >= 4 is 27.0 Å². The second kappa shape index (κ2) is 8.57. The van der Waals surface area contributed by atoms with E-state index in [2.05, 4.69) is 10.1 Å². The summed E-state index contributed by atoms with van der Waals surface area (Å²) in [7, 11) is -4.36. The van der Waals surface area contributed by atoms with E-state index in [1.54, 1.807) is 26.8 Å². The van der Waals surface area contributed by atoms with E-state index in [0.29, 0.717) is 0 Å². The number of nitrogens with zero attached hydrogens (tertiary/aromatic N) is 1. The molecule has 0 bridgehead atoms. The van der Waals surface area contributed by atoms with Gasteiger partial charge in [-0.15, -0.1) is 13.2 Å². The van der Waals surface area contributed by atoms with Crippen molar-refractivity contribution in [2.75, 3.05) is 0 Å². The monoisotopic (exact) mass is 502 g/mol. The lowest BCUT2D eigenvalue weighted by Gasteiger charge is -2.31. The summed E-state index contributed by atoms with van der Waals surface area (Å²) in [4.78, 5) is 12.1.